The molecular formula is C25H18F3N5O4S. The first kappa shape index (κ1) is 26.4. The quantitative estimate of drug-likeness (QED) is 0.362. The molecule has 0 unspecified atom stereocenters. The number of nitrogens with one attached hydrogen (secondary N) is 1. The minimum atomic E-state index is -4.63. The third-order valence-electron chi connectivity index (χ3n) is 5.36. The van der Waals surface area contributed by atoms with E-state index in [1.54, 1.807) is 24.3 Å². The summed E-state index contributed by atoms with van der Waals surface area (Å²) in [5, 5.41) is 19.3. The number of aromatic nitrogens is 3. The second-order valence-electron chi connectivity index (χ2n) is 7.89. The Kier molecular flexibility index (Phi) is 7.45. The van der Waals surface area contributed by atoms with Crippen molar-refractivity contribution in [2.45, 2.75) is 12.8 Å². The van der Waals surface area contributed by atoms with Crippen molar-refractivity contribution in [3.63, 3.8) is 0 Å². The lowest BCUT2D eigenvalue weighted by atomic mass is 9.98. The Hall–Kier alpha value is -4.70. The largest absolute Gasteiger partial charge is 0.496 e. The summed E-state index contributed by atoms with van der Waals surface area (Å²) >= 11 is 0.920. The summed E-state index contributed by atoms with van der Waals surface area (Å²) in [6, 6.07) is 12.6. The Morgan fingerprint density at radius 3 is 2.53 bits per heavy atom. The minimum Gasteiger partial charge on any atom is -0.496 e. The number of methoxy groups -OCH3 is 1. The van der Waals surface area contributed by atoms with Gasteiger partial charge in [0.2, 0.25) is 5.13 Å². The van der Waals surface area contributed by atoms with E-state index in [2.05, 4.69) is 15.5 Å². The van der Waals surface area contributed by atoms with Gasteiger partial charge in [-0.1, -0.05) is 17.2 Å². The van der Waals surface area contributed by atoms with E-state index < -0.39 is 23.2 Å². The predicted molar refractivity (Wildman–Crippen MR) is 132 cm³/mol. The first-order valence-corrected chi connectivity index (χ1v) is 11.6. The summed E-state index contributed by atoms with van der Waals surface area (Å²) in [6.07, 6.45) is -3.37. The third-order valence-corrected chi connectivity index (χ3v) is 6.11. The number of alkyl halides is 3. The zero-order valence-electron chi connectivity index (χ0n) is 19.9. The van der Waals surface area contributed by atoms with Crippen LogP contribution in [0.3, 0.4) is 0 Å². The molecule has 2 aromatic heterocycles. The molecule has 0 radical (unpaired) electrons. The van der Waals surface area contributed by atoms with Crippen LogP contribution in [0.5, 0.6) is 10.9 Å². The van der Waals surface area contributed by atoms with Gasteiger partial charge in [-0.2, -0.15) is 18.4 Å². The monoisotopic (exact) mass is 541 g/mol. The van der Waals surface area contributed by atoms with Crippen LogP contribution in [-0.4, -0.2) is 27.8 Å². The number of halogens is 3. The van der Waals surface area contributed by atoms with E-state index in [0.717, 1.165) is 45.7 Å². The highest BCUT2D eigenvalue weighted by Crippen LogP contribution is 2.38. The fraction of sp³-hybridized carbons (Fsp3) is 0.160. The van der Waals surface area contributed by atoms with Gasteiger partial charge in [-0.3, -0.25) is 14.9 Å². The van der Waals surface area contributed by atoms with E-state index in [1.165, 1.54) is 20.4 Å². The number of benzene rings is 2. The Balaban J connectivity index is 1.60. The molecule has 194 valence electrons. The number of nitriles is 1. The summed E-state index contributed by atoms with van der Waals surface area (Å²) in [7, 11) is 2.70. The highest BCUT2D eigenvalue weighted by atomic mass is 32.1. The molecule has 0 atom stereocenters. The zero-order chi connectivity index (χ0) is 27.4. The van der Waals surface area contributed by atoms with Crippen LogP contribution in [0.25, 0.3) is 11.1 Å². The third kappa shape index (κ3) is 5.81. The number of nitrogens with zero attached hydrogens (tertiary/aromatic N) is 4. The fourth-order valence-corrected chi connectivity index (χ4v) is 4.02. The molecule has 0 saturated heterocycles. The van der Waals surface area contributed by atoms with Gasteiger partial charge >= 0.3 is 6.18 Å². The van der Waals surface area contributed by atoms with Crippen LogP contribution < -0.4 is 20.3 Å². The molecule has 1 amide bonds. The highest BCUT2D eigenvalue weighted by Gasteiger charge is 2.32. The second kappa shape index (κ2) is 10.7. The molecule has 2 aromatic carbocycles. The van der Waals surface area contributed by atoms with Crippen molar-refractivity contribution in [2.24, 2.45) is 7.05 Å². The number of rotatable bonds is 7. The number of carbonyl (C=O) groups is 1. The van der Waals surface area contributed by atoms with Crippen molar-refractivity contribution in [3.8, 4) is 28.1 Å². The Bertz CT molecular complexity index is 1590. The van der Waals surface area contributed by atoms with Crippen LogP contribution in [-0.2, 0) is 19.8 Å². The lowest BCUT2D eigenvalue weighted by molar-refractivity contribution is -0.137. The van der Waals surface area contributed by atoms with E-state index in [1.807, 2.05) is 6.07 Å². The molecule has 0 bridgehead atoms. The molecule has 13 heteroatoms. The van der Waals surface area contributed by atoms with E-state index in [9.17, 15) is 22.8 Å². The number of hydrogen-bond acceptors (Lipinski definition) is 8. The van der Waals surface area contributed by atoms with Crippen LogP contribution in [0.2, 0.25) is 0 Å². The van der Waals surface area contributed by atoms with Gasteiger partial charge in [-0.15, -0.1) is 5.10 Å². The van der Waals surface area contributed by atoms with Crippen LogP contribution in [0, 0.1) is 11.3 Å². The van der Waals surface area contributed by atoms with Gasteiger partial charge in [-0.25, -0.2) is 0 Å². The van der Waals surface area contributed by atoms with Gasteiger partial charge in [0.25, 0.3) is 16.7 Å². The number of carbonyl (C=O) groups excluding carboxylic acids is 1. The predicted octanol–water partition coefficient (Wildman–Crippen LogP) is 4.63. The van der Waals surface area contributed by atoms with Gasteiger partial charge in [0, 0.05) is 30.4 Å². The number of aryl methyl sites for hydroxylation is 1. The van der Waals surface area contributed by atoms with E-state index in [-0.39, 0.29) is 39.4 Å². The van der Waals surface area contributed by atoms with Crippen LogP contribution in [0.4, 0.5) is 18.3 Å². The lowest BCUT2D eigenvalue weighted by Gasteiger charge is -2.16. The van der Waals surface area contributed by atoms with E-state index in [4.69, 9.17) is 14.7 Å². The average Bonchev–Trinajstić information content (AvgIpc) is 3.35. The van der Waals surface area contributed by atoms with Crippen molar-refractivity contribution in [3.05, 3.63) is 87.3 Å². The molecule has 9 nitrogen and oxygen atoms in total. The zero-order valence-corrected chi connectivity index (χ0v) is 20.7. The van der Waals surface area contributed by atoms with Crippen molar-refractivity contribution >= 4 is 22.4 Å². The topological polar surface area (TPSA) is 119 Å². The summed E-state index contributed by atoms with van der Waals surface area (Å²) < 4.78 is 52.2. The molecule has 38 heavy (non-hydrogen) atoms. The molecule has 0 aliphatic rings. The standard InChI is InChI=1S/C25H18F3N5O4S/c1-33-12-19(17-9-16(25(26,27)28)7-8-20(17)36-2)18(10-21(33)34)22(35)30-23-31-32-24(38-23)37-13-15-5-3-14(11-29)4-6-15/h3-10,12H,13H2,1-2H3,(H,30,31,35). The van der Waals surface area contributed by atoms with Crippen molar-refractivity contribution < 1.29 is 27.4 Å². The highest BCUT2D eigenvalue weighted by molar-refractivity contribution is 7.17. The fourth-order valence-electron chi connectivity index (χ4n) is 3.43. The summed E-state index contributed by atoms with van der Waals surface area (Å²) in [5.41, 5.74) is -0.352. The molecule has 4 aromatic rings. The van der Waals surface area contributed by atoms with Gasteiger partial charge in [0.1, 0.15) is 12.4 Å². The molecule has 0 aliphatic heterocycles. The number of ether oxygens (including phenoxy) is 2. The lowest BCUT2D eigenvalue weighted by Crippen LogP contribution is -2.22. The summed E-state index contributed by atoms with van der Waals surface area (Å²) in [6.45, 7) is 0.141. The van der Waals surface area contributed by atoms with Gasteiger partial charge in [0.05, 0.1) is 29.9 Å². The maximum atomic E-state index is 13.4. The second-order valence-corrected chi connectivity index (χ2v) is 8.83. The summed E-state index contributed by atoms with van der Waals surface area (Å²) in [5.74, 6) is -0.702. The van der Waals surface area contributed by atoms with E-state index in [0.29, 0.717) is 5.56 Å². The number of anilines is 1. The van der Waals surface area contributed by atoms with Crippen molar-refractivity contribution in [1.29, 1.82) is 5.26 Å². The number of pyridine rings is 1. The van der Waals surface area contributed by atoms with Gasteiger partial charge in [-0.05, 0) is 47.2 Å². The maximum absolute atomic E-state index is 13.4. The molecule has 0 saturated carbocycles. The van der Waals surface area contributed by atoms with E-state index >= 15 is 0 Å². The van der Waals surface area contributed by atoms with Crippen LogP contribution >= 0.6 is 11.3 Å². The molecule has 4 rings (SSSR count). The summed E-state index contributed by atoms with van der Waals surface area (Å²) in [4.78, 5) is 25.5. The average molecular weight is 542 g/mol. The van der Waals surface area contributed by atoms with Crippen molar-refractivity contribution in [1.82, 2.24) is 14.8 Å². The molecule has 1 N–H and O–H groups in total. The Morgan fingerprint density at radius 1 is 1.13 bits per heavy atom. The first-order chi connectivity index (χ1) is 18.1. The molecule has 0 fully saturated rings. The van der Waals surface area contributed by atoms with Gasteiger partial charge < -0.3 is 14.0 Å². The normalized spacial score (nSPS) is 11.1. The smallest absolute Gasteiger partial charge is 0.416 e. The Morgan fingerprint density at radius 2 is 1.87 bits per heavy atom. The van der Waals surface area contributed by atoms with Crippen molar-refractivity contribution in [2.75, 3.05) is 12.4 Å². The molecule has 0 aliphatic carbocycles. The number of hydrogen-bond donors (Lipinski definition) is 1. The maximum Gasteiger partial charge on any atom is 0.416 e. The number of amides is 1. The van der Waals surface area contributed by atoms with Crippen LogP contribution in [0.15, 0.2) is 59.5 Å². The molecular weight excluding hydrogens is 523 g/mol. The molecule has 0 spiro atoms. The molecule has 2 heterocycles. The van der Waals surface area contributed by atoms with Gasteiger partial charge in [0.15, 0.2) is 0 Å². The first-order valence-electron chi connectivity index (χ1n) is 10.8. The SMILES string of the molecule is COc1ccc(C(F)(F)F)cc1-c1cn(C)c(=O)cc1C(=O)Nc1nnc(OCc2ccc(C#N)cc2)s1. The Labute approximate surface area is 217 Å². The minimum absolute atomic E-state index is 0.0215. The van der Waals surface area contributed by atoms with Crippen LogP contribution in [0.1, 0.15) is 27.0 Å².